The maximum absolute atomic E-state index is 13.6. The first-order valence-corrected chi connectivity index (χ1v) is 10.2. The van der Waals surface area contributed by atoms with Crippen molar-refractivity contribution in [2.45, 2.75) is 19.8 Å². The first-order chi connectivity index (χ1) is 15.8. The van der Waals surface area contributed by atoms with E-state index < -0.39 is 34.8 Å². The van der Waals surface area contributed by atoms with Gasteiger partial charge < -0.3 is 19.5 Å². The lowest BCUT2D eigenvalue weighted by atomic mass is 9.76. The number of fused-ring (bicyclic) bond motifs is 1. The first kappa shape index (κ1) is 22.1. The number of ketones is 1. The summed E-state index contributed by atoms with van der Waals surface area (Å²) < 4.78 is 15.8. The van der Waals surface area contributed by atoms with E-state index in [1.54, 1.807) is 32.0 Å². The lowest BCUT2D eigenvalue weighted by molar-refractivity contribution is -0.148. The highest BCUT2D eigenvalue weighted by Gasteiger charge is 2.45. The predicted molar refractivity (Wildman–Crippen MR) is 118 cm³/mol. The summed E-state index contributed by atoms with van der Waals surface area (Å²) in [5.74, 6) is -2.36. The number of aromatic nitrogens is 2. The molecule has 0 saturated heterocycles. The van der Waals surface area contributed by atoms with Crippen LogP contribution in [0.15, 0.2) is 44.2 Å². The number of hydrogen-bond donors (Lipinski definition) is 3. The Morgan fingerprint density at radius 3 is 2.48 bits per heavy atom. The Balaban J connectivity index is 1.98. The second-order valence-electron chi connectivity index (χ2n) is 7.43. The zero-order valence-corrected chi connectivity index (χ0v) is 18.4. The van der Waals surface area contributed by atoms with E-state index in [-0.39, 0.29) is 35.1 Å². The summed E-state index contributed by atoms with van der Waals surface area (Å²) in [6, 6.07) is 4.94. The van der Waals surface area contributed by atoms with Gasteiger partial charge in [-0.25, -0.2) is 9.79 Å². The zero-order valence-electron chi connectivity index (χ0n) is 18.4. The van der Waals surface area contributed by atoms with Gasteiger partial charge >= 0.3 is 11.7 Å². The standard InChI is InChI=1S/C22H22N4O7/c1-5-33-21(29)13-9(2)23-18-15(17(13)27)14(10-6-7-11(31-3)12(8-10)32-4)16-19(24-18)25-22(30)26-20(16)28/h6-8,13-14H,5H2,1-4H3,(H3,24,25,26,28,30). The number of H-pyrrole nitrogens is 2. The number of Topliss-reactive ketones (excluding diaryl/α,β-unsaturated/α-hetero) is 1. The van der Waals surface area contributed by atoms with Crippen LogP contribution in [-0.4, -0.2) is 48.3 Å². The summed E-state index contributed by atoms with van der Waals surface area (Å²) >= 11 is 0. The van der Waals surface area contributed by atoms with Crippen LogP contribution in [0.3, 0.4) is 0 Å². The molecule has 0 radical (unpaired) electrons. The number of benzene rings is 1. The minimum absolute atomic E-state index is 0.100. The molecule has 172 valence electrons. The Kier molecular flexibility index (Phi) is 5.62. The second-order valence-corrected chi connectivity index (χ2v) is 7.43. The largest absolute Gasteiger partial charge is 0.493 e. The summed E-state index contributed by atoms with van der Waals surface area (Å²) in [5, 5.41) is 2.87. The van der Waals surface area contributed by atoms with Crippen LogP contribution < -0.4 is 26.0 Å². The number of carbonyl (C=O) groups is 2. The Hall–Kier alpha value is -4.15. The van der Waals surface area contributed by atoms with Gasteiger partial charge in [0.05, 0.1) is 37.9 Å². The van der Waals surface area contributed by atoms with Crippen LogP contribution in [0.1, 0.15) is 30.9 Å². The van der Waals surface area contributed by atoms with Crippen molar-refractivity contribution in [2.24, 2.45) is 10.9 Å². The van der Waals surface area contributed by atoms with Gasteiger partial charge in [-0.3, -0.25) is 24.4 Å². The van der Waals surface area contributed by atoms with Crippen LogP contribution in [0.5, 0.6) is 11.5 Å². The van der Waals surface area contributed by atoms with E-state index in [2.05, 4.69) is 20.3 Å². The number of aliphatic imine (C=N–C) groups is 1. The molecule has 2 aromatic rings. The zero-order chi connectivity index (χ0) is 23.9. The molecule has 4 rings (SSSR count). The van der Waals surface area contributed by atoms with Gasteiger partial charge in [0.2, 0.25) is 0 Å². The van der Waals surface area contributed by atoms with Crippen molar-refractivity contribution in [3.05, 3.63) is 61.6 Å². The van der Waals surface area contributed by atoms with Gasteiger partial charge in [0.25, 0.3) is 5.56 Å². The molecule has 33 heavy (non-hydrogen) atoms. The third kappa shape index (κ3) is 3.60. The highest BCUT2D eigenvalue weighted by Crippen LogP contribution is 2.44. The van der Waals surface area contributed by atoms with Crippen molar-refractivity contribution in [2.75, 3.05) is 26.1 Å². The van der Waals surface area contributed by atoms with E-state index in [4.69, 9.17) is 14.2 Å². The molecule has 3 heterocycles. The monoisotopic (exact) mass is 454 g/mol. The van der Waals surface area contributed by atoms with Gasteiger partial charge in [-0.05, 0) is 31.5 Å². The van der Waals surface area contributed by atoms with Crippen molar-refractivity contribution in [3.63, 3.8) is 0 Å². The summed E-state index contributed by atoms with van der Waals surface area (Å²) in [4.78, 5) is 60.1. The number of esters is 1. The minimum atomic E-state index is -1.24. The van der Waals surface area contributed by atoms with Crippen molar-refractivity contribution < 1.29 is 23.8 Å². The molecule has 2 atom stereocenters. The number of nitrogens with zero attached hydrogens (tertiary/aromatic N) is 1. The fraction of sp³-hybridized carbons (Fsp3) is 0.318. The lowest BCUT2D eigenvalue weighted by Gasteiger charge is -2.33. The van der Waals surface area contributed by atoms with E-state index in [1.165, 1.54) is 14.2 Å². The molecule has 2 unspecified atom stereocenters. The predicted octanol–water partition coefficient (Wildman–Crippen LogP) is 1.07. The molecular formula is C22H22N4O7. The van der Waals surface area contributed by atoms with Crippen LogP contribution >= 0.6 is 0 Å². The summed E-state index contributed by atoms with van der Waals surface area (Å²) in [6.07, 6.45) is 0. The van der Waals surface area contributed by atoms with Crippen LogP contribution in [0.4, 0.5) is 5.82 Å². The minimum Gasteiger partial charge on any atom is -0.493 e. The molecule has 0 amide bonds. The van der Waals surface area contributed by atoms with Crippen molar-refractivity contribution in [3.8, 4) is 11.5 Å². The van der Waals surface area contributed by atoms with Gasteiger partial charge in [-0.15, -0.1) is 0 Å². The van der Waals surface area contributed by atoms with E-state index in [0.717, 1.165) is 0 Å². The number of nitrogens with one attached hydrogen (secondary N) is 3. The first-order valence-electron chi connectivity index (χ1n) is 10.2. The lowest BCUT2D eigenvalue weighted by Crippen LogP contribution is -2.42. The Bertz CT molecular complexity index is 1330. The van der Waals surface area contributed by atoms with Crippen LogP contribution in [0, 0.1) is 5.92 Å². The highest BCUT2D eigenvalue weighted by atomic mass is 16.5. The van der Waals surface area contributed by atoms with Crippen LogP contribution in [-0.2, 0) is 14.3 Å². The molecule has 0 aliphatic carbocycles. The average molecular weight is 454 g/mol. The number of carbonyl (C=O) groups excluding carboxylic acids is 2. The maximum Gasteiger partial charge on any atom is 0.327 e. The molecule has 3 N–H and O–H groups in total. The molecule has 0 spiro atoms. The summed E-state index contributed by atoms with van der Waals surface area (Å²) in [6.45, 7) is 3.29. The molecule has 11 nitrogen and oxygen atoms in total. The SMILES string of the molecule is CCOC(=O)C1C(=O)C2=C(N=C1C)Nc1[nH]c(=O)[nH]c(=O)c1C2c1ccc(OC)c(OC)c1. The molecule has 1 aromatic carbocycles. The van der Waals surface area contributed by atoms with Crippen molar-refractivity contribution >= 4 is 23.3 Å². The number of aromatic amines is 2. The molecule has 0 saturated carbocycles. The number of hydrogen-bond acceptors (Lipinski definition) is 9. The van der Waals surface area contributed by atoms with Gasteiger partial charge in [0.15, 0.2) is 23.2 Å². The maximum atomic E-state index is 13.6. The van der Waals surface area contributed by atoms with Crippen molar-refractivity contribution in [1.82, 2.24) is 9.97 Å². The highest BCUT2D eigenvalue weighted by molar-refractivity contribution is 6.26. The molecular weight excluding hydrogens is 432 g/mol. The Morgan fingerprint density at radius 1 is 1.09 bits per heavy atom. The number of ether oxygens (including phenoxy) is 3. The smallest absolute Gasteiger partial charge is 0.327 e. The Labute approximate surface area is 187 Å². The number of methoxy groups -OCH3 is 2. The van der Waals surface area contributed by atoms with Gasteiger partial charge in [-0.1, -0.05) is 6.07 Å². The van der Waals surface area contributed by atoms with Crippen LogP contribution in [0.2, 0.25) is 0 Å². The molecule has 2 aliphatic rings. The number of allylic oxidation sites excluding steroid dienone is 1. The van der Waals surface area contributed by atoms with E-state index in [1.807, 2.05) is 0 Å². The van der Waals surface area contributed by atoms with Crippen LogP contribution in [0.25, 0.3) is 0 Å². The molecule has 0 fully saturated rings. The third-order valence-electron chi connectivity index (χ3n) is 5.55. The van der Waals surface area contributed by atoms with Crippen molar-refractivity contribution in [1.29, 1.82) is 0 Å². The normalized spacial score (nSPS) is 19.2. The number of anilines is 1. The van der Waals surface area contributed by atoms with Gasteiger partial charge in [0.1, 0.15) is 11.6 Å². The molecule has 2 aliphatic heterocycles. The second kappa shape index (κ2) is 8.41. The Morgan fingerprint density at radius 2 is 1.82 bits per heavy atom. The van der Waals surface area contributed by atoms with Gasteiger partial charge in [-0.2, -0.15) is 0 Å². The third-order valence-corrected chi connectivity index (χ3v) is 5.55. The average Bonchev–Trinajstić information content (AvgIpc) is 2.77. The summed E-state index contributed by atoms with van der Waals surface area (Å²) in [5.41, 5.74) is -0.437. The van der Waals surface area contributed by atoms with E-state index >= 15 is 0 Å². The molecule has 0 bridgehead atoms. The van der Waals surface area contributed by atoms with E-state index in [9.17, 15) is 19.2 Å². The molecule has 11 heteroatoms. The van der Waals surface area contributed by atoms with E-state index in [0.29, 0.717) is 17.1 Å². The van der Waals surface area contributed by atoms with Gasteiger partial charge in [0, 0.05) is 5.71 Å². The fourth-order valence-corrected chi connectivity index (χ4v) is 4.14. The topological polar surface area (TPSA) is 152 Å². The fourth-order valence-electron chi connectivity index (χ4n) is 4.14. The quantitative estimate of drug-likeness (QED) is 0.448. The summed E-state index contributed by atoms with van der Waals surface area (Å²) in [7, 11) is 2.95. The molecule has 1 aromatic heterocycles. The number of rotatable bonds is 5.